The zero-order valence-corrected chi connectivity index (χ0v) is 12.2. The Labute approximate surface area is 130 Å². The highest BCUT2D eigenvalue weighted by Crippen LogP contribution is 2.47. The van der Waals surface area contributed by atoms with Gasteiger partial charge in [-0.2, -0.15) is 5.10 Å². The number of rotatable bonds is 5. The Hall–Kier alpha value is -2.68. The lowest BCUT2D eigenvalue weighted by Gasteiger charge is -1.99. The number of carbonyl (C=O) groups is 1. The molecular weight excluding hydrogens is 272 g/mol. The molecule has 0 aliphatic heterocycles. The second-order valence-corrected chi connectivity index (χ2v) is 5.38. The molecule has 2 aromatic rings. The van der Waals surface area contributed by atoms with Crippen LogP contribution in [0.1, 0.15) is 23.5 Å². The Morgan fingerprint density at radius 2 is 1.73 bits per heavy atom. The van der Waals surface area contributed by atoms with Gasteiger partial charge < -0.3 is 0 Å². The number of allylic oxidation sites excluding steroid dienone is 1. The molecule has 1 saturated carbocycles. The summed E-state index contributed by atoms with van der Waals surface area (Å²) in [6, 6.07) is 20.1. The van der Waals surface area contributed by atoms with Crippen molar-refractivity contribution in [2.75, 3.05) is 0 Å². The van der Waals surface area contributed by atoms with Gasteiger partial charge in [0.05, 0.1) is 0 Å². The van der Waals surface area contributed by atoms with Crippen molar-refractivity contribution in [3.8, 4) is 0 Å². The van der Waals surface area contributed by atoms with E-state index in [9.17, 15) is 4.79 Å². The van der Waals surface area contributed by atoms with E-state index in [1.165, 1.54) is 5.56 Å². The first-order valence-electron chi connectivity index (χ1n) is 7.44. The molecule has 22 heavy (non-hydrogen) atoms. The molecule has 0 saturated heterocycles. The lowest BCUT2D eigenvalue weighted by atomic mass is 10.1. The van der Waals surface area contributed by atoms with E-state index in [0.717, 1.165) is 12.0 Å². The van der Waals surface area contributed by atoms with E-state index in [2.05, 4.69) is 22.7 Å². The third kappa shape index (κ3) is 3.70. The van der Waals surface area contributed by atoms with E-state index < -0.39 is 0 Å². The molecule has 2 aromatic carbocycles. The maximum Gasteiger partial charge on any atom is 0.243 e. The highest BCUT2D eigenvalue weighted by atomic mass is 16.2. The van der Waals surface area contributed by atoms with Crippen LogP contribution in [-0.4, -0.2) is 12.1 Å². The van der Waals surface area contributed by atoms with E-state index in [0.29, 0.717) is 5.92 Å². The average Bonchev–Trinajstić information content (AvgIpc) is 3.37. The Bertz CT molecular complexity index is 677. The van der Waals surface area contributed by atoms with Crippen molar-refractivity contribution >= 4 is 18.2 Å². The van der Waals surface area contributed by atoms with E-state index in [4.69, 9.17) is 0 Å². The predicted molar refractivity (Wildman–Crippen MR) is 89.4 cm³/mol. The van der Waals surface area contributed by atoms with Crippen molar-refractivity contribution < 1.29 is 4.79 Å². The number of carbonyl (C=O) groups excluding carboxylic acids is 1. The summed E-state index contributed by atoms with van der Waals surface area (Å²) in [5, 5.41) is 3.96. The quantitative estimate of drug-likeness (QED) is 0.663. The summed E-state index contributed by atoms with van der Waals surface area (Å²) in [6.45, 7) is 0. The highest BCUT2D eigenvalue weighted by Gasteiger charge is 2.43. The van der Waals surface area contributed by atoms with Crippen LogP contribution in [0.15, 0.2) is 71.8 Å². The molecule has 2 unspecified atom stereocenters. The Morgan fingerprint density at radius 3 is 2.45 bits per heavy atom. The summed E-state index contributed by atoms with van der Waals surface area (Å²) in [5.41, 5.74) is 4.95. The van der Waals surface area contributed by atoms with Gasteiger partial charge in [0.2, 0.25) is 5.91 Å². The van der Waals surface area contributed by atoms with Crippen molar-refractivity contribution in [2.45, 2.75) is 12.3 Å². The summed E-state index contributed by atoms with van der Waals surface area (Å²) in [7, 11) is 0. The molecule has 3 heteroatoms. The van der Waals surface area contributed by atoms with Crippen molar-refractivity contribution in [3.05, 3.63) is 77.9 Å². The van der Waals surface area contributed by atoms with Gasteiger partial charge in [-0.05, 0) is 29.5 Å². The topological polar surface area (TPSA) is 41.5 Å². The van der Waals surface area contributed by atoms with Crippen molar-refractivity contribution in [2.24, 2.45) is 11.0 Å². The van der Waals surface area contributed by atoms with Gasteiger partial charge in [0, 0.05) is 12.1 Å². The SMILES string of the molecule is O=C(NN=C/C=C/c1ccccc1)C1CC1c1ccccc1. The van der Waals surface area contributed by atoms with Crippen LogP contribution in [0.4, 0.5) is 0 Å². The van der Waals surface area contributed by atoms with Gasteiger partial charge in [0.1, 0.15) is 0 Å². The van der Waals surface area contributed by atoms with Gasteiger partial charge in [0.15, 0.2) is 0 Å². The third-order valence-electron chi connectivity index (χ3n) is 3.78. The molecule has 110 valence electrons. The molecule has 1 aliphatic rings. The number of amides is 1. The van der Waals surface area contributed by atoms with Crippen molar-refractivity contribution in [1.29, 1.82) is 0 Å². The average molecular weight is 290 g/mol. The molecule has 0 radical (unpaired) electrons. The first kappa shape index (κ1) is 14.3. The van der Waals surface area contributed by atoms with Gasteiger partial charge in [-0.15, -0.1) is 0 Å². The van der Waals surface area contributed by atoms with E-state index >= 15 is 0 Å². The van der Waals surface area contributed by atoms with E-state index in [1.54, 1.807) is 6.21 Å². The second-order valence-electron chi connectivity index (χ2n) is 5.38. The van der Waals surface area contributed by atoms with E-state index in [-0.39, 0.29) is 11.8 Å². The van der Waals surface area contributed by atoms with Gasteiger partial charge in [-0.1, -0.05) is 66.7 Å². The van der Waals surface area contributed by atoms with E-state index in [1.807, 2.05) is 60.7 Å². The number of hydrazone groups is 1. The second kappa shape index (κ2) is 6.85. The fraction of sp³-hybridized carbons (Fsp3) is 0.158. The lowest BCUT2D eigenvalue weighted by molar-refractivity contribution is -0.122. The maximum atomic E-state index is 12.0. The van der Waals surface area contributed by atoms with Gasteiger partial charge >= 0.3 is 0 Å². The smallest absolute Gasteiger partial charge is 0.243 e. The molecule has 1 amide bonds. The Balaban J connectivity index is 1.46. The molecular formula is C19H18N2O. The number of nitrogens with zero attached hydrogens (tertiary/aromatic N) is 1. The van der Waals surface area contributed by atoms with Crippen LogP contribution in [-0.2, 0) is 4.79 Å². The number of hydrogen-bond acceptors (Lipinski definition) is 2. The fourth-order valence-corrected chi connectivity index (χ4v) is 2.50. The maximum absolute atomic E-state index is 12.0. The molecule has 1 aliphatic carbocycles. The zero-order chi connectivity index (χ0) is 15.2. The molecule has 0 heterocycles. The van der Waals surface area contributed by atoms with Crippen LogP contribution in [0.2, 0.25) is 0 Å². The monoisotopic (exact) mass is 290 g/mol. The first-order chi connectivity index (χ1) is 10.8. The summed E-state index contributed by atoms with van der Waals surface area (Å²) >= 11 is 0. The number of benzene rings is 2. The van der Waals surface area contributed by atoms with Crippen molar-refractivity contribution in [1.82, 2.24) is 5.43 Å². The third-order valence-corrected chi connectivity index (χ3v) is 3.78. The molecule has 3 nitrogen and oxygen atoms in total. The van der Waals surface area contributed by atoms with Gasteiger partial charge in [0.25, 0.3) is 0 Å². The Kier molecular flexibility index (Phi) is 4.44. The van der Waals surface area contributed by atoms with Crippen LogP contribution in [0.25, 0.3) is 6.08 Å². The Morgan fingerprint density at radius 1 is 1.05 bits per heavy atom. The van der Waals surface area contributed by atoms with Crippen LogP contribution >= 0.6 is 0 Å². The fourth-order valence-electron chi connectivity index (χ4n) is 2.50. The summed E-state index contributed by atoms with van der Waals surface area (Å²) < 4.78 is 0. The molecule has 3 rings (SSSR count). The van der Waals surface area contributed by atoms with Crippen LogP contribution in [0, 0.1) is 5.92 Å². The van der Waals surface area contributed by atoms with Gasteiger partial charge in [-0.25, -0.2) is 5.43 Å². The highest BCUT2D eigenvalue weighted by molar-refractivity contribution is 5.85. The summed E-state index contributed by atoms with van der Waals surface area (Å²) in [4.78, 5) is 12.0. The zero-order valence-electron chi connectivity index (χ0n) is 12.2. The number of hydrogen-bond donors (Lipinski definition) is 1. The molecule has 1 N–H and O–H groups in total. The largest absolute Gasteiger partial charge is 0.273 e. The lowest BCUT2D eigenvalue weighted by Crippen LogP contribution is -2.19. The summed E-state index contributed by atoms with van der Waals surface area (Å²) in [5.74, 6) is 0.395. The number of nitrogens with one attached hydrogen (secondary N) is 1. The minimum absolute atomic E-state index is 0.00165. The normalized spacial score (nSPS) is 20.4. The van der Waals surface area contributed by atoms with Crippen LogP contribution < -0.4 is 5.43 Å². The van der Waals surface area contributed by atoms with Gasteiger partial charge in [-0.3, -0.25) is 4.79 Å². The standard InChI is InChI=1S/C19H18N2O/c22-19(18-14-17(18)16-11-5-2-6-12-16)21-20-13-7-10-15-8-3-1-4-9-15/h1-13,17-18H,14H2,(H,21,22)/b10-7+,20-13?. The summed E-state index contributed by atoms with van der Waals surface area (Å²) in [6.07, 6.45) is 6.27. The molecule has 2 atom stereocenters. The van der Waals surface area contributed by atoms with Crippen LogP contribution in [0.3, 0.4) is 0 Å². The van der Waals surface area contributed by atoms with Crippen molar-refractivity contribution in [3.63, 3.8) is 0 Å². The minimum Gasteiger partial charge on any atom is -0.273 e. The molecule has 0 spiro atoms. The molecule has 1 fully saturated rings. The van der Waals surface area contributed by atoms with Crippen LogP contribution in [0.5, 0.6) is 0 Å². The predicted octanol–water partition coefficient (Wildman–Crippen LogP) is 3.61. The molecule has 0 bridgehead atoms. The minimum atomic E-state index is -0.00165. The first-order valence-corrected chi connectivity index (χ1v) is 7.44. The molecule has 0 aromatic heterocycles.